The molecule has 2 saturated heterocycles. The van der Waals surface area contributed by atoms with Crippen molar-refractivity contribution in [1.29, 1.82) is 0 Å². The van der Waals surface area contributed by atoms with Crippen molar-refractivity contribution in [3.8, 4) is 0 Å². The molecule has 1 N–H and O–H groups in total. The predicted molar refractivity (Wildman–Crippen MR) is 86.1 cm³/mol. The quantitative estimate of drug-likeness (QED) is 0.880. The second-order valence-electron chi connectivity index (χ2n) is 5.61. The molecule has 3 rings (SSSR count). The topological polar surface area (TPSA) is 32.3 Å². The fourth-order valence-corrected chi connectivity index (χ4v) is 3.64. The van der Waals surface area contributed by atoms with E-state index in [1.165, 1.54) is 0 Å². The lowest BCUT2D eigenvalue weighted by Crippen LogP contribution is -2.44. The summed E-state index contributed by atoms with van der Waals surface area (Å²) in [5, 5.41) is 3.44. The van der Waals surface area contributed by atoms with Gasteiger partial charge in [0.05, 0.1) is 6.42 Å². The maximum absolute atomic E-state index is 12.4. The number of benzene rings is 1. The first kappa shape index (κ1) is 15.8. The van der Waals surface area contributed by atoms with E-state index in [4.69, 9.17) is 0 Å². The number of halogens is 2. The van der Waals surface area contributed by atoms with Gasteiger partial charge in [0.25, 0.3) is 0 Å². The van der Waals surface area contributed by atoms with E-state index in [-0.39, 0.29) is 18.3 Å². The molecule has 110 valence electrons. The monoisotopic (exact) mass is 358 g/mol. The van der Waals surface area contributed by atoms with E-state index in [1.807, 2.05) is 24.3 Å². The molecule has 2 heterocycles. The summed E-state index contributed by atoms with van der Waals surface area (Å²) in [6.07, 6.45) is 1.67. The molecular formula is C15H20BrClN2O. The molecule has 0 aliphatic carbocycles. The zero-order chi connectivity index (χ0) is 13.2. The summed E-state index contributed by atoms with van der Waals surface area (Å²) in [6.45, 7) is 4.07. The Morgan fingerprint density at radius 2 is 2.15 bits per heavy atom. The molecule has 3 nitrogen and oxygen atoms in total. The van der Waals surface area contributed by atoms with Crippen molar-refractivity contribution in [2.75, 3.05) is 26.2 Å². The highest BCUT2D eigenvalue weighted by Crippen LogP contribution is 2.26. The molecule has 20 heavy (non-hydrogen) atoms. The summed E-state index contributed by atoms with van der Waals surface area (Å²) in [7, 11) is 0. The molecule has 1 aromatic rings. The van der Waals surface area contributed by atoms with Gasteiger partial charge in [-0.05, 0) is 49.0 Å². The number of fused-ring (bicyclic) bond motifs is 1. The number of amides is 1. The van der Waals surface area contributed by atoms with Crippen LogP contribution in [-0.2, 0) is 11.2 Å². The first-order valence-corrected chi connectivity index (χ1v) is 7.74. The zero-order valence-corrected chi connectivity index (χ0v) is 13.8. The maximum atomic E-state index is 12.4. The number of hydrogen-bond acceptors (Lipinski definition) is 2. The number of likely N-dealkylation sites (tertiary alicyclic amines) is 1. The zero-order valence-electron chi connectivity index (χ0n) is 11.3. The molecule has 2 atom stereocenters. The summed E-state index contributed by atoms with van der Waals surface area (Å²) < 4.78 is 1.04. The van der Waals surface area contributed by atoms with Gasteiger partial charge in [-0.3, -0.25) is 4.79 Å². The van der Waals surface area contributed by atoms with Crippen LogP contribution in [0, 0.1) is 11.8 Å². The van der Waals surface area contributed by atoms with Crippen LogP contribution >= 0.6 is 28.3 Å². The lowest BCUT2D eigenvalue weighted by molar-refractivity contribution is -0.132. The fourth-order valence-electron chi connectivity index (χ4n) is 3.19. The second kappa shape index (κ2) is 6.92. The van der Waals surface area contributed by atoms with E-state index in [1.54, 1.807) is 0 Å². The molecule has 0 bridgehead atoms. The molecule has 0 aromatic heterocycles. The minimum Gasteiger partial charge on any atom is -0.342 e. The van der Waals surface area contributed by atoms with Gasteiger partial charge in [-0.15, -0.1) is 12.4 Å². The van der Waals surface area contributed by atoms with E-state index in [2.05, 4.69) is 26.1 Å². The van der Waals surface area contributed by atoms with Crippen LogP contribution in [0.1, 0.15) is 12.0 Å². The third-order valence-electron chi connectivity index (χ3n) is 4.30. The van der Waals surface area contributed by atoms with Gasteiger partial charge < -0.3 is 10.2 Å². The highest BCUT2D eigenvalue weighted by atomic mass is 79.9. The van der Waals surface area contributed by atoms with E-state index in [0.29, 0.717) is 12.3 Å². The third kappa shape index (κ3) is 3.54. The Morgan fingerprint density at radius 1 is 1.35 bits per heavy atom. The molecule has 0 radical (unpaired) electrons. The standard InChI is InChI=1S/C15H19BrN2O.ClH/c16-14-3-1-2-11(6-14)7-15(19)18-5-4-12-8-17-9-13(12)10-18;/h1-3,6,12-13,17H,4-5,7-10H2;1H. The average Bonchev–Trinajstić information content (AvgIpc) is 2.85. The van der Waals surface area contributed by atoms with Crippen LogP contribution in [0.15, 0.2) is 28.7 Å². The normalized spacial score (nSPS) is 24.9. The minimum absolute atomic E-state index is 0. The fraction of sp³-hybridized carbons (Fsp3) is 0.533. The van der Waals surface area contributed by atoms with Crippen molar-refractivity contribution in [1.82, 2.24) is 10.2 Å². The molecule has 0 spiro atoms. The van der Waals surface area contributed by atoms with Gasteiger partial charge in [-0.25, -0.2) is 0 Å². The lowest BCUT2D eigenvalue weighted by Gasteiger charge is -2.34. The number of nitrogens with zero attached hydrogens (tertiary/aromatic N) is 1. The molecule has 2 fully saturated rings. The molecule has 2 aliphatic rings. The number of carbonyl (C=O) groups is 1. The number of carbonyl (C=O) groups excluding carboxylic acids is 1. The smallest absolute Gasteiger partial charge is 0.227 e. The summed E-state index contributed by atoms with van der Waals surface area (Å²) in [5.41, 5.74) is 1.09. The Hall–Kier alpha value is -0.580. The first-order valence-electron chi connectivity index (χ1n) is 6.95. The van der Waals surface area contributed by atoms with Gasteiger partial charge in [-0.1, -0.05) is 28.1 Å². The van der Waals surface area contributed by atoms with Gasteiger partial charge in [0.1, 0.15) is 0 Å². The summed E-state index contributed by atoms with van der Waals surface area (Å²) in [4.78, 5) is 14.4. The SMILES string of the molecule is Cl.O=C(Cc1cccc(Br)c1)N1CCC2CNCC2C1. The summed E-state index contributed by atoms with van der Waals surface area (Å²) >= 11 is 3.45. The average molecular weight is 360 g/mol. The Morgan fingerprint density at radius 3 is 2.95 bits per heavy atom. The van der Waals surface area contributed by atoms with Crippen LogP contribution in [0.2, 0.25) is 0 Å². The van der Waals surface area contributed by atoms with Gasteiger partial charge in [0.2, 0.25) is 5.91 Å². The van der Waals surface area contributed by atoms with Crippen LogP contribution in [0.3, 0.4) is 0 Å². The first-order chi connectivity index (χ1) is 9.22. The number of rotatable bonds is 2. The highest BCUT2D eigenvalue weighted by Gasteiger charge is 2.34. The van der Waals surface area contributed by atoms with Crippen molar-refractivity contribution in [3.05, 3.63) is 34.3 Å². The Bertz CT molecular complexity index is 483. The van der Waals surface area contributed by atoms with Crippen LogP contribution in [-0.4, -0.2) is 37.0 Å². The maximum Gasteiger partial charge on any atom is 0.227 e. The van der Waals surface area contributed by atoms with Crippen molar-refractivity contribution >= 4 is 34.2 Å². The molecular weight excluding hydrogens is 340 g/mol. The van der Waals surface area contributed by atoms with Crippen molar-refractivity contribution in [3.63, 3.8) is 0 Å². The van der Waals surface area contributed by atoms with E-state index >= 15 is 0 Å². The molecule has 0 saturated carbocycles. The van der Waals surface area contributed by atoms with Gasteiger partial charge in [0.15, 0.2) is 0 Å². The largest absolute Gasteiger partial charge is 0.342 e. The number of hydrogen-bond donors (Lipinski definition) is 1. The second-order valence-corrected chi connectivity index (χ2v) is 6.53. The molecule has 2 unspecified atom stereocenters. The molecule has 1 aromatic carbocycles. The third-order valence-corrected chi connectivity index (χ3v) is 4.79. The van der Waals surface area contributed by atoms with Crippen LogP contribution in [0.5, 0.6) is 0 Å². The predicted octanol–water partition coefficient (Wildman–Crippen LogP) is 2.48. The van der Waals surface area contributed by atoms with E-state index < -0.39 is 0 Å². The highest BCUT2D eigenvalue weighted by molar-refractivity contribution is 9.10. The number of nitrogens with one attached hydrogen (secondary N) is 1. The van der Waals surface area contributed by atoms with Crippen molar-refractivity contribution in [2.24, 2.45) is 11.8 Å². The van der Waals surface area contributed by atoms with Gasteiger partial charge >= 0.3 is 0 Å². The van der Waals surface area contributed by atoms with Gasteiger partial charge in [-0.2, -0.15) is 0 Å². The summed E-state index contributed by atoms with van der Waals surface area (Å²) in [6, 6.07) is 8.03. The Kier molecular flexibility index (Phi) is 5.47. The Labute approximate surface area is 134 Å². The molecule has 1 amide bonds. The van der Waals surface area contributed by atoms with Crippen molar-refractivity contribution in [2.45, 2.75) is 12.8 Å². The van der Waals surface area contributed by atoms with Crippen LogP contribution in [0.4, 0.5) is 0 Å². The van der Waals surface area contributed by atoms with E-state index in [0.717, 1.165) is 48.6 Å². The molecule has 5 heteroatoms. The molecule has 2 aliphatic heterocycles. The lowest BCUT2D eigenvalue weighted by atomic mass is 9.88. The van der Waals surface area contributed by atoms with E-state index in [9.17, 15) is 4.79 Å². The summed E-state index contributed by atoms with van der Waals surface area (Å²) in [5.74, 6) is 1.72. The minimum atomic E-state index is 0. The van der Waals surface area contributed by atoms with Crippen LogP contribution < -0.4 is 5.32 Å². The van der Waals surface area contributed by atoms with Crippen molar-refractivity contribution < 1.29 is 4.79 Å². The van der Waals surface area contributed by atoms with Crippen LogP contribution in [0.25, 0.3) is 0 Å². The van der Waals surface area contributed by atoms with Gasteiger partial charge in [0, 0.05) is 17.6 Å². The number of piperidine rings is 1. The Balaban J connectivity index is 0.00000147.